The molecule has 0 bridgehead atoms. The van der Waals surface area contributed by atoms with E-state index >= 15 is 0 Å². The molecule has 0 saturated carbocycles. The summed E-state index contributed by atoms with van der Waals surface area (Å²) in [7, 11) is 1.74. The molecule has 1 aromatic rings. The van der Waals surface area contributed by atoms with E-state index in [0.29, 0.717) is 0 Å². The van der Waals surface area contributed by atoms with Crippen molar-refractivity contribution in [2.24, 2.45) is 0 Å². The van der Waals surface area contributed by atoms with Crippen molar-refractivity contribution in [2.45, 2.75) is 32.7 Å². The van der Waals surface area contributed by atoms with E-state index in [9.17, 15) is 0 Å². The molecular weight excluding hydrogens is 188 g/mol. The van der Waals surface area contributed by atoms with Gasteiger partial charge in [-0.25, -0.2) is 0 Å². The van der Waals surface area contributed by atoms with Crippen LogP contribution in [0.3, 0.4) is 0 Å². The molecule has 0 aliphatic carbocycles. The third kappa shape index (κ3) is 5.00. The van der Waals surface area contributed by atoms with Crippen molar-refractivity contribution in [1.29, 1.82) is 0 Å². The Kier molecular flexibility index (Phi) is 6.12. The monoisotopic (exact) mass is 210 g/mol. The Morgan fingerprint density at radius 1 is 1.33 bits per heavy atom. The molecule has 1 rings (SSSR count). The van der Waals surface area contributed by atoms with Crippen LogP contribution >= 0.6 is 0 Å². The largest absolute Gasteiger partial charge is 0.385 e. The molecule has 0 atom stereocenters. The van der Waals surface area contributed by atoms with Crippen LogP contribution in [0, 0.1) is 0 Å². The minimum absolute atomic E-state index is 0.832. The van der Waals surface area contributed by atoms with Crippen LogP contribution in [0.25, 0.3) is 0 Å². The van der Waals surface area contributed by atoms with Crippen LogP contribution < -0.4 is 5.32 Å². The zero-order valence-corrected chi connectivity index (χ0v) is 9.81. The van der Waals surface area contributed by atoms with Gasteiger partial charge in [0.15, 0.2) is 0 Å². The smallest absolute Gasteiger partial charge is 0.0474 e. The molecule has 0 aliphatic heterocycles. The van der Waals surface area contributed by atoms with Crippen LogP contribution in [0.1, 0.15) is 31.2 Å². The normalized spacial score (nSPS) is 10.8. The molecule has 0 amide bonds. The molecule has 3 heteroatoms. The van der Waals surface area contributed by atoms with Gasteiger partial charge in [-0.2, -0.15) is 0 Å². The highest BCUT2D eigenvalue weighted by molar-refractivity contribution is 5.12. The van der Waals surface area contributed by atoms with Gasteiger partial charge in [0.2, 0.25) is 0 Å². The van der Waals surface area contributed by atoms with E-state index in [1.807, 2.05) is 0 Å². The lowest BCUT2D eigenvalue weighted by atomic mass is 10.3. The molecule has 0 saturated heterocycles. The first-order chi connectivity index (χ1) is 7.36. The molecule has 0 spiro atoms. The summed E-state index contributed by atoms with van der Waals surface area (Å²) < 4.78 is 4.98. The summed E-state index contributed by atoms with van der Waals surface area (Å²) in [6.07, 6.45) is 3.41. The van der Waals surface area contributed by atoms with E-state index in [1.165, 1.54) is 17.8 Å². The number of nitrogens with one attached hydrogen (secondary N) is 2. The van der Waals surface area contributed by atoms with Crippen molar-refractivity contribution in [1.82, 2.24) is 10.3 Å². The molecule has 0 aliphatic rings. The van der Waals surface area contributed by atoms with Crippen molar-refractivity contribution in [3.05, 3.63) is 23.5 Å². The number of hydrogen-bond acceptors (Lipinski definition) is 2. The minimum atomic E-state index is 0.832. The van der Waals surface area contributed by atoms with Crippen molar-refractivity contribution in [3.8, 4) is 0 Å². The molecular formula is C12H22N2O. The van der Waals surface area contributed by atoms with E-state index in [0.717, 1.165) is 32.5 Å². The van der Waals surface area contributed by atoms with Gasteiger partial charge < -0.3 is 15.0 Å². The van der Waals surface area contributed by atoms with Crippen LogP contribution in [0.5, 0.6) is 0 Å². The van der Waals surface area contributed by atoms with Crippen molar-refractivity contribution >= 4 is 0 Å². The summed E-state index contributed by atoms with van der Waals surface area (Å²) in [5, 5.41) is 3.38. The number of methoxy groups -OCH3 is 1. The van der Waals surface area contributed by atoms with Crippen LogP contribution in [0.4, 0.5) is 0 Å². The number of aryl methyl sites for hydroxylation is 1. The van der Waals surface area contributed by atoms with Gasteiger partial charge in [0, 0.05) is 31.6 Å². The third-order valence-electron chi connectivity index (χ3n) is 2.34. The number of hydrogen-bond donors (Lipinski definition) is 2. The molecule has 0 radical (unpaired) electrons. The van der Waals surface area contributed by atoms with Gasteiger partial charge in [0.25, 0.3) is 0 Å². The topological polar surface area (TPSA) is 37.0 Å². The Hall–Kier alpha value is -0.800. The first kappa shape index (κ1) is 12.3. The Morgan fingerprint density at radius 3 is 2.87 bits per heavy atom. The molecule has 3 nitrogen and oxygen atoms in total. The van der Waals surface area contributed by atoms with E-state index in [4.69, 9.17) is 4.74 Å². The summed E-state index contributed by atoms with van der Waals surface area (Å²) in [6, 6.07) is 4.34. The Labute approximate surface area is 92.2 Å². The molecule has 86 valence electrons. The van der Waals surface area contributed by atoms with Gasteiger partial charge in [-0.1, -0.05) is 13.3 Å². The highest BCUT2D eigenvalue weighted by atomic mass is 16.5. The number of ether oxygens (including phenoxy) is 1. The second-order valence-electron chi connectivity index (χ2n) is 3.78. The maximum absolute atomic E-state index is 4.98. The zero-order valence-electron chi connectivity index (χ0n) is 9.81. The Bertz CT molecular complexity index is 258. The lowest BCUT2D eigenvalue weighted by Crippen LogP contribution is -2.16. The van der Waals surface area contributed by atoms with E-state index < -0.39 is 0 Å². The summed E-state index contributed by atoms with van der Waals surface area (Å²) >= 11 is 0. The van der Waals surface area contributed by atoms with E-state index in [1.54, 1.807) is 7.11 Å². The standard InChI is InChI=1S/C12H22N2O/c1-3-5-11-6-7-12(14-11)10-13-8-4-9-15-2/h6-7,13-14H,3-5,8-10H2,1-2H3. The maximum Gasteiger partial charge on any atom is 0.0474 e. The van der Waals surface area contributed by atoms with E-state index in [2.05, 4.69) is 29.4 Å². The average molecular weight is 210 g/mol. The number of aromatic amines is 1. The lowest BCUT2D eigenvalue weighted by molar-refractivity contribution is 0.194. The van der Waals surface area contributed by atoms with Crippen molar-refractivity contribution in [2.75, 3.05) is 20.3 Å². The SMILES string of the molecule is CCCc1ccc(CNCCCOC)[nH]1. The summed E-state index contributed by atoms with van der Waals surface area (Å²) in [5.41, 5.74) is 2.61. The van der Waals surface area contributed by atoms with Crippen molar-refractivity contribution in [3.63, 3.8) is 0 Å². The quantitative estimate of drug-likeness (QED) is 0.645. The second-order valence-corrected chi connectivity index (χ2v) is 3.78. The summed E-state index contributed by atoms with van der Waals surface area (Å²) in [6.45, 7) is 4.96. The molecule has 15 heavy (non-hydrogen) atoms. The van der Waals surface area contributed by atoms with Crippen molar-refractivity contribution < 1.29 is 4.74 Å². The van der Waals surface area contributed by atoms with Crippen LogP contribution in [0.2, 0.25) is 0 Å². The predicted octanol–water partition coefficient (Wildman–Crippen LogP) is 2.09. The van der Waals surface area contributed by atoms with E-state index in [-0.39, 0.29) is 0 Å². The third-order valence-corrected chi connectivity index (χ3v) is 2.34. The molecule has 0 fully saturated rings. The Balaban J connectivity index is 2.14. The average Bonchev–Trinajstić information content (AvgIpc) is 2.66. The maximum atomic E-state index is 4.98. The second kappa shape index (κ2) is 7.49. The predicted molar refractivity (Wildman–Crippen MR) is 63.0 cm³/mol. The Morgan fingerprint density at radius 2 is 2.13 bits per heavy atom. The van der Waals surface area contributed by atoms with Crippen LogP contribution in [-0.2, 0) is 17.7 Å². The molecule has 2 N–H and O–H groups in total. The van der Waals surface area contributed by atoms with Gasteiger partial charge in [0.1, 0.15) is 0 Å². The number of H-pyrrole nitrogens is 1. The lowest BCUT2D eigenvalue weighted by Gasteiger charge is -2.02. The van der Waals surface area contributed by atoms with Crippen LogP contribution in [0.15, 0.2) is 12.1 Å². The fourth-order valence-corrected chi connectivity index (χ4v) is 1.57. The minimum Gasteiger partial charge on any atom is -0.385 e. The first-order valence-electron chi connectivity index (χ1n) is 5.73. The van der Waals surface area contributed by atoms with Gasteiger partial charge in [0.05, 0.1) is 0 Å². The van der Waals surface area contributed by atoms with Gasteiger partial charge in [-0.15, -0.1) is 0 Å². The molecule has 1 aromatic heterocycles. The molecule has 0 aromatic carbocycles. The summed E-state index contributed by atoms with van der Waals surface area (Å²) in [5.74, 6) is 0. The highest BCUT2D eigenvalue weighted by Crippen LogP contribution is 2.03. The summed E-state index contributed by atoms with van der Waals surface area (Å²) in [4.78, 5) is 3.41. The van der Waals surface area contributed by atoms with Gasteiger partial charge >= 0.3 is 0 Å². The number of rotatable bonds is 8. The zero-order chi connectivity index (χ0) is 10.9. The van der Waals surface area contributed by atoms with Gasteiger partial charge in [-0.05, 0) is 31.5 Å². The molecule has 0 unspecified atom stereocenters. The van der Waals surface area contributed by atoms with Crippen LogP contribution in [-0.4, -0.2) is 25.2 Å². The fraction of sp³-hybridized carbons (Fsp3) is 0.667. The van der Waals surface area contributed by atoms with Gasteiger partial charge in [-0.3, -0.25) is 0 Å². The molecule has 1 heterocycles. The highest BCUT2D eigenvalue weighted by Gasteiger charge is 1.97. The number of aromatic nitrogens is 1. The fourth-order valence-electron chi connectivity index (χ4n) is 1.57. The first-order valence-corrected chi connectivity index (χ1v) is 5.73.